The van der Waals surface area contributed by atoms with Gasteiger partial charge in [-0.05, 0) is 31.5 Å². The quantitative estimate of drug-likeness (QED) is 0.493. The molecule has 2 aliphatic rings. The van der Waals surface area contributed by atoms with Gasteiger partial charge in [0.1, 0.15) is 0 Å². The van der Waals surface area contributed by atoms with Crippen molar-refractivity contribution in [1.82, 2.24) is 4.90 Å². The third kappa shape index (κ3) is 5.08. The van der Waals surface area contributed by atoms with Gasteiger partial charge in [-0.1, -0.05) is 12.1 Å². The molecule has 0 bridgehead atoms. The van der Waals surface area contributed by atoms with Crippen LogP contribution in [0.3, 0.4) is 0 Å². The summed E-state index contributed by atoms with van der Waals surface area (Å²) < 4.78 is 15.9. The number of hydrogen-bond acceptors (Lipinski definition) is 7. The van der Waals surface area contributed by atoms with E-state index in [1.54, 1.807) is 0 Å². The van der Waals surface area contributed by atoms with Gasteiger partial charge in [0, 0.05) is 45.4 Å². The van der Waals surface area contributed by atoms with Crippen LogP contribution in [0.25, 0.3) is 0 Å². The number of rotatable bonds is 4. The average Bonchev–Trinajstić information content (AvgIpc) is 2.53. The van der Waals surface area contributed by atoms with E-state index in [9.17, 15) is 9.59 Å². The van der Waals surface area contributed by atoms with Crippen LogP contribution in [0.4, 0.5) is 5.69 Å². The van der Waals surface area contributed by atoms with Gasteiger partial charge in [0.15, 0.2) is 5.57 Å². The Bertz CT molecular complexity index is 709. The van der Waals surface area contributed by atoms with Crippen molar-refractivity contribution in [3.8, 4) is 0 Å². The Hall–Kier alpha value is -2.38. The molecule has 2 saturated heterocycles. The fourth-order valence-corrected chi connectivity index (χ4v) is 3.31. The lowest BCUT2D eigenvalue weighted by Crippen LogP contribution is -2.44. The van der Waals surface area contributed by atoms with Crippen LogP contribution >= 0.6 is 0 Å². The molecule has 0 spiro atoms. The highest BCUT2D eigenvalue weighted by atomic mass is 16.7. The Kier molecular flexibility index (Phi) is 5.53. The fraction of sp³-hybridized carbons (Fsp3) is 0.500. The van der Waals surface area contributed by atoms with Gasteiger partial charge in [-0.3, -0.25) is 4.90 Å². The summed E-state index contributed by atoms with van der Waals surface area (Å²) in [6, 6.07) is 7.85. The molecule has 27 heavy (non-hydrogen) atoms. The Morgan fingerprint density at radius 2 is 1.63 bits per heavy atom. The summed E-state index contributed by atoms with van der Waals surface area (Å²) in [5.74, 6) is -2.63. The molecule has 146 valence electrons. The Labute approximate surface area is 159 Å². The van der Waals surface area contributed by atoms with Crippen molar-refractivity contribution in [3.05, 3.63) is 41.6 Å². The maximum Gasteiger partial charge on any atom is 0.350 e. The second-order valence-electron chi connectivity index (χ2n) is 7.53. The molecule has 0 radical (unpaired) electrons. The van der Waals surface area contributed by atoms with Crippen LogP contribution in [-0.4, -0.2) is 47.9 Å². The van der Waals surface area contributed by atoms with Crippen LogP contribution in [0.1, 0.15) is 33.3 Å². The summed E-state index contributed by atoms with van der Waals surface area (Å²) >= 11 is 0. The normalized spacial score (nSPS) is 25.6. The zero-order chi connectivity index (χ0) is 19.6. The standard InChI is InChI=1S/C20H26N2O5/c1-13-10-22(11-14(2)25-13)12-15-5-7-16(8-6-15)21-9-17-18(23)26-20(3,4)27-19(17)24/h5-9,13-14,21H,10-12H2,1-4H3. The zero-order valence-corrected chi connectivity index (χ0v) is 16.2. The lowest BCUT2D eigenvalue weighted by atomic mass is 10.1. The molecular weight excluding hydrogens is 348 g/mol. The topological polar surface area (TPSA) is 77.1 Å². The van der Waals surface area contributed by atoms with Crippen LogP contribution < -0.4 is 5.32 Å². The fourth-order valence-electron chi connectivity index (χ4n) is 3.31. The third-order valence-corrected chi connectivity index (χ3v) is 4.36. The van der Waals surface area contributed by atoms with Gasteiger partial charge in [-0.15, -0.1) is 0 Å². The van der Waals surface area contributed by atoms with Crippen LogP contribution in [0.5, 0.6) is 0 Å². The Balaban J connectivity index is 1.59. The van der Waals surface area contributed by atoms with E-state index in [4.69, 9.17) is 14.2 Å². The van der Waals surface area contributed by atoms with E-state index in [0.717, 1.165) is 25.3 Å². The van der Waals surface area contributed by atoms with E-state index in [-0.39, 0.29) is 17.8 Å². The summed E-state index contributed by atoms with van der Waals surface area (Å²) in [5.41, 5.74) is 1.79. The first-order chi connectivity index (χ1) is 12.7. The van der Waals surface area contributed by atoms with E-state index in [2.05, 4.69) is 24.1 Å². The number of hydrogen-bond donors (Lipinski definition) is 1. The molecule has 2 fully saturated rings. The highest BCUT2D eigenvalue weighted by molar-refractivity contribution is 6.15. The number of carbonyl (C=O) groups is 2. The van der Waals surface area contributed by atoms with Gasteiger partial charge in [0.05, 0.1) is 12.2 Å². The molecule has 2 aliphatic heterocycles. The molecule has 0 aliphatic carbocycles. The maximum atomic E-state index is 11.9. The van der Waals surface area contributed by atoms with Crippen molar-refractivity contribution in [1.29, 1.82) is 0 Å². The molecule has 3 rings (SSSR count). The van der Waals surface area contributed by atoms with E-state index in [1.165, 1.54) is 25.6 Å². The number of nitrogens with one attached hydrogen (secondary N) is 1. The van der Waals surface area contributed by atoms with Crippen molar-refractivity contribution in [3.63, 3.8) is 0 Å². The minimum atomic E-state index is -1.23. The van der Waals surface area contributed by atoms with Crippen molar-refractivity contribution < 1.29 is 23.8 Å². The molecule has 7 nitrogen and oxygen atoms in total. The second-order valence-corrected chi connectivity index (χ2v) is 7.53. The first kappa shape index (κ1) is 19.4. The number of anilines is 1. The minimum Gasteiger partial charge on any atom is -0.419 e. The zero-order valence-electron chi connectivity index (χ0n) is 16.2. The van der Waals surface area contributed by atoms with Gasteiger partial charge in [0.2, 0.25) is 0 Å². The van der Waals surface area contributed by atoms with Crippen molar-refractivity contribution in [2.75, 3.05) is 18.4 Å². The van der Waals surface area contributed by atoms with Crippen molar-refractivity contribution in [2.24, 2.45) is 0 Å². The van der Waals surface area contributed by atoms with Gasteiger partial charge < -0.3 is 19.5 Å². The second kappa shape index (κ2) is 7.70. The predicted octanol–water partition coefficient (Wildman–Crippen LogP) is 2.43. The number of carbonyl (C=O) groups excluding carboxylic acids is 2. The summed E-state index contributed by atoms with van der Waals surface area (Å²) in [5, 5.41) is 2.95. The van der Waals surface area contributed by atoms with E-state index >= 15 is 0 Å². The number of morpholine rings is 1. The number of ether oxygens (including phenoxy) is 3. The predicted molar refractivity (Wildman–Crippen MR) is 99.7 cm³/mol. The van der Waals surface area contributed by atoms with Gasteiger partial charge in [-0.2, -0.15) is 0 Å². The molecule has 7 heteroatoms. The molecule has 2 atom stereocenters. The number of esters is 2. The van der Waals surface area contributed by atoms with Crippen LogP contribution in [-0.2, 0) is 30.3 Å². The third-order valence-electron chi connectivity index (χ3n) is 4.36. The Morgan fingerprint density at radius 3 is 2.19 bits per heavy atom. The molecule has 0 aromatic heterocycles. The maximum absolute atomic E-state index is 11.9. The average molecular weight is 374 g/mol. The molecule has 1 aromatic rings. The monoisotopic (exact) mass is 374 g/mol. The highest BCUT2D eigenvalue weighted by Gasteiger charge is 2.38. The summed E-state index contributed by atoms with van der Waals surface area (Å²) in [6.45, 7) is 9.89. The van der Waals surface area contributed by atoms with Gasteiger partial charge in [-0.25, -0.2) is 9.59 Å². The molecule has 2 heterocycles. The molecule has 2 unspecified atom stereocenters. The summed E-state index contributed by atoms with van der Waals surface area (Å²) in [6.07, 6.45) is 1.79. The first-order valence-corrected chi connectivity index (χ1v) is 9.12. The SMILES string of the molecule is CC1CN(Cc2ccc(NC=C3C(=O)OC(C)(C)OC3=O)cc2)CC(C)O1. The molecule has 0 saturated carbocycles. The molecule has 0 amide bonds. The van der Waals surface area contributed by atoms with Gasteiger partial charge >= 0.3 is 11.9 Å². The largest absolute Gasteiger partial charge is 0.419 e. The smallest absolute Gasteiger partial charge is 0.350 e. The van der Waals surface area contributed by atoms with Gasteiger partial charge in [0.25, 0.3) is 5.79 Å². The lowest BCUT2D eigenvalue weighted by Gasteiger charge is -2.35. The summed E-state index contributed by atoms with van der Waals surface area (Å²) in [7, 11) is 0. The molecular formula is C20H26N2O5. The molecule has 1 N–H and O–H groups in total. The van der Waals surface area contributed by atoms with E-state index in [1.807, 2.05) is 24.3 Å². The highest BCUT2D eigenvalue weighted by Crippen LogP contribution is 2.23. The van der Waals surface area contributed by atoms with Crippen molar-refractivity contribution >= 4 is 17.6 Å². The van der Waals surface area contributed by atoms with E-state index < -0.39 is 17.7 Å². The lowest BCUT2D eigenvalue weighted by molar-refractivity contribution is -0.222. The Morgan fingerprint density at radius 1 is 1.07 bits per heavy atom. The number of benzene rings is 1. The van der Waals surface area contributed by atoms with Crippen LogP contribution in [0.2, 0.25) is 0 Å². The minimum absolute atomic E-state index is 0.158. The number of nitrogens with zero attached hydrogens (tertiary/aromatic N) is 1. The van der Waals surface area contributed by atoms with Crippen molar-refractivity contribution in [2.45, 2.75) is 52.2 Å². The first-order valence-electron chi connectivity index (χ1n) is 9.12. The van der Waals surface area contributed by atoms with Crippen LogP contribution in [0, 0.1) is 0 Å². The molecule has 1 aromatic carbocycles. The number of cyclic esters (lactones) is 2. The summed E-state index contributed by atoms with van der Waals surface area (Å²) in [4.78, 5) is 26.2. The van der Waals surface area contributed by atoms with E-state index in [0.29, 0.717) is 0 Å². The van der Waals surface area contributed by atoms with Crippen LogP contribution in [0.15, 0.2) is 36.0 Å².